The Bertz CT molecular complexity index is 921. The van der Waals surface area contributed by atoms with Gasteiger partial charge in [-0.2, -0.15) is 0 Å². The van der Waals surface area contributed by atoms with E-state index >= 15 is 0 Å². The van der Waals surface area contributed by atoms with Crippen molar-refractivity contribution in [2.45, 2.75) is 22.8 Å². The smallest absolute Gasteiger partial charge is 0.297 e. The number of hydrogen-bond donors (Lipinski definition) is 0. The minimum absolute atomic E-state index is 0.462. The molecule has 0 spiro atoms. The van der Waals surface area contributed by atoms with Gasteiger partial charge in [-0.3, -0.25) is 0 Å². The highest BCUT2D eigenvalue weighted by Gasteiger charge is 2.17. The van der Waals surface area contributed by atoms with Crippen LogP contribution in [-0.4, -0.2) is 23.2 Å². The maximum Gasteiger partial charge on any atom is 0.297 e. The molecule has 0 unspecified atom stereocenters. The summed E-state index contributed by atoms with van der Waals surface area (Å²) in [4.78, 5) is 8.84. The van der Waals surface area contributed by atoms with E-state index in [0.717, 1.165) is 16.7 Å². The monoisotopic (exact) mass is 360 g/mol. The molecule has 0 radical (unpaired) electrons. The zero-order valence-electron chi connectivity index (χ0n) is 13.1. The summed E-state index contributed by atoms with van der Waals surface area (Å²) < 4.78 is 37.5. The molecule has 0 N–H and O–H groups in total. The minimum atomic E-state index is -2.72. The topological polar surface area (TPSA) is 44.2 Å². The lowest BCUT2D eigenvalue weighted by atomic mass is 10.2. The van der Waals surface area contributed by atoms with Gasteiger partial charge < -0.3 is 9.47 Å². The van der Waals surface area contributed by atoms with Crippen LogP contribution in [0, 0.1) is 0 Å². The Hall–Kier alpha value is -2.41. The van der Waals surface area contributed by atoms with Crippen LogP contribution in [0.1, 0.15) is 18.7 Å². The van der Waals surface area contributed by atoms with E-state index in [9.17, 15) is 8.78 Å². The molecule has 0 amide bonds. The quantitative estimate of drug-likeness (QED) is 0.623. The van der Waals surface area contributed by atoms with Crippen molar-refractivity contribution in [2.24, 2.45) is 0 Å². The van der Waals surface area contributed by atoms with Crippen LogP contribution in [0.4, 0.5) is 8.78 Å². The van der Waals surface area contributed by atoms with Crippen LogP contribution in [0.15, 0.2) is 52.4 Å². The van der Waals surface area contributed by atoms with Crippen LogP contribution in [0.25, 0.3) is 10.9 Å². The van der Waals surface area contributed by atoms with E-state index in [1.54, 1.807) is 12.1 Å². The summed E-state index contributed by atoms with van der Waals surface area (Å²) in [6.07, 6.45) is -1.89. The lowest BCUT2D eigenvalue weighted by Crippen LogP contribution is -1.98. The van der Waals surface area contributed by atoms with Crippen LogP contribution in [0.2, 0.25) is 0 Å². The maximum atomic E-state index is 13.1. The third-order valence-electron chi connectivity index (χ3n) is 3.71. The molecule has 1 aliphatic heterocycles. The third-order valence-corrected chi connectivity index (χ3v) is 4.71. The Labute approximate surface area is 147 Å². The number of aromatic nitrogens is 2. The standard InChI is InChI=1S/C18H14F2N2O2S/c19-16(20)17-21-13-5-2-1-4-12(13)18(22-17)25-11-6-7-14-15(10-11)24-9-3-8-23-14/h1-2,4-7,10,16H,3,8-9H2. The maximum absolute atomic E-state index is 13.1. The number of para-hydroxylation sites is 1. The summed E-state index contributed by atoms with van der Waals surface area (Å²) in [6, 6.07) is 12.7. The molecule has 2 heterocycles. The van der Waals surface area contributed by atoms with Crippen molar-refractivity contribution in [1.29, 1.82) is 0 Å². The zero-order chi connectivity index (χ0) is 17.2. The molecule has 0 atom stereocenters. The van der Waals surface area contributed by atoms with Crippen LogP contribution in [-0.2, 0) is 0 Å². The van der Waals surface area contributed by atoms with E-state index in [2.05, 4.69) is 9.97 Å². The summed E-state index contributed by atoms with van der Waals surface area (Å²) in [5.41, 5.74) is 0.504. The van der Waals surface area contributed by atoms with Crippen LogP contribution >= 0.6 is 11.8 Å². The first-order chi connectivity index (χ1) is 12.2. The summed E-state index contributed by atoms with van der Waals surface area (Å²) in [5.74, 6) is 0.896. The predicted molar refractivity (Wildman–Crippen MR) is 90.7 cm³/mol. The molecule has 0 aliphatic carbocycles. The van der Waals surface area contributed by atoms with Gasteiger partial charge in [-0.15, -0.1) is 0 Å². The number of ether oxygens (including phenoxy) is 2. The first-order valence-corrected chi connectivity index (χ1v) is 8.65. The third kappa shape index (κ3) is 3.37. The SMILES string of the molecule is FC(F)c1nc(Sc2ccc3c(c2)OCCCO3)c2ccccc2n1. The van der Waals surface area contributed by atoms with E-state index in [0.29, 0.717) is 35.3 Å². The number of alkyl halides is 2. The van der Waals surface area contributed by atoms with Gasteiger partial charge >= 0.3 is 0 Å². The molecule has 1 aromatic heterocycles. The highest BCUT2D eigenvalue weighted by molar-refractivity contribution is 7.99. The predicted octanol–water partition coefficient (Wildman–Crippen LogP) is 4.88. The van der Waals surface area contributed by atoms with Crippen molar-refractivity contribution in [2.75, 3.05) is 13.2 Å². The molecule has 4 rings (SSSR count). The van der Waals surface area contributed by atoms with Gasteiger partial charge in [-0.1, -0.05) is 30.0 Å². The van der Waals surface area contributed by atoms with E-state index in [4.69, 9.17) is 9.47 Å². The van der Waals surface area contributed by atoms with Crippen LogP contribution in [0.3, 0.4) is 0 Å². The zero-order valence-corrected chi connectivity index (χ0v) is 13.9. The molecule has 3 aromatic rings. The van der Waals surface area contributed by atoms with E-state index in [1.165, 1.54) is 11.8 Å². The fourth-order valence-electron chi connectivity index (χ4n) is 2.56. The van der Waals surface area contributed by atoms with Gasteiger partial charge in [0.25, 0.3) is 6.43 Å². The van der Waals surface area contributed by atoms with Gasteiger partial charge in [0.1, 0.15) is 5.03 Å². The molecule has 2 aromatic carbocycles. The van der Waals surface area contributed by atoms with Gasteiger partial charge in [0.05, 0.1) is 18.7 Å². The highest BCUT2D eigenvalue weighted by atomic mass is 32.2. The van der Waals surface area contributed by atoms with Crippen LogP contribution < -0.4 is 9.47 Å². The first kappa shape index (κ1) is 16.1. The van der Waals surface area contributed by atoms with Crippen molar-refractivity contribution in [3.05, 3.63) is 48.3 Å². The fraction of sp³-hybridized carbons (Fsp3) is 0.222. The second-order valence-corrected chi connectivity index (χ2v) is 6.53. The summed E-state index contributed by atoms with van der Waals surface area (Å²) in [6.45, 7) is 1.21. The number of halogens is 2. The van der Waals surface area contributed by atoms with Gasteiger partial charge in [0, 0.05) is 16.7 Å². The molecular weight excluding hydrogens is 346 g/mol. The normalized spacial score (nSPS) is 13.9. The summed E-state index contributed by atoms with van der Waals surface area (Å²) >= 11 is 1.31. The minimum Gasteiger partial charge on any atom is -0.490 e. The molecule has 4 nitrogen and oxygen atoms in total. The lowest BCUT2D eigenvalue weighted by Gasteiger charge is -2.11. The Kier molecular flexibility index (Phi) is 4.40. The fourth-order valence-corrected chi connectivity index (χ4v) is 3.51. The second kappa shape index (κ2) is 6.84. The van der Waals surface area contributed by atoms with E-state index < -0.39 is 12.2 Å². The number of nitrogens with zero attached hydrogens (tertiary/aromatic N) is 2. The second-order valence-electron chi connectivity index (χ2n) is 5.47. The van der Waals surface area contributed by atoms with Crippen molar-refractivity contribution in [1.82, 2.24) is 9.97 Å². The molecule has 128 valence electrons. The van der Waals surface area contributed by atoms with Gasteiger partial charge in [0.15, 0.2) is 17.3 Å². The summed E-state index contributed by atoms with van der Waals surface area (Å²) in [7, 11) is 0. The van der Waals surface area contributed by atoms with Gasteiger partial charge in [-0.05, 0) is 24.3 Å². The average molecular weight is 360 g/mol. The summed E-state index contributed by atoms with van der Waals surface area (Å²) in [5, 5.41) is 1.24. The van der Waals surface area contributed by atoms with E-state index in [1.807, 2.05) is 30.3 Å². The molecule has 25 heavy (non-hydrogen) atoms. The Morgan fingerprint density at radius 1 is 0.960 bits per heavy atom. The molecular formula is C18H14F2N2O2S. The Morgan fingerprint density at radius 2 is 1.76 bits per heavy atom. The van der Waals surface area contributed by atoms with Crippen molar-refractivity contribution >= 4 is 22.7 Å². The lowest BCUT2D eigenvalue weighted by molar-refractivity contribution is 0.140. The van der Waals surface area contributed by atoms with Gasteiger partial charge in [0.2, 0.25) is 0 Å². The average Bonchev–Trinajstić information content (AvgIpc) is 2.86. The van der Waals surface area contributed by atoms with Crippen molar-refractivity contribution in [3.8, 4) is 11.5 Å². The number of fused-ring (bicyclic) bond motifs is 2. The molecule has 0 bridgehead atoms. The van der Waals surface area contributed by atoms with Crippen molar-refractivity contribution in [3.63, 3.8) is 0 Å². The number of rotatable bonds is 3. The van der Waals surface area contributed by atoms with E-state index in [-0.39, 0.29) is 0 Å². The Morgan fingerprint density at radius 3 is 2.60 bits per heavy atom. The molecule has 0 fully saturated rings. The highest BCUT2D eigenvalue weighted by Crippen LogP contribution is 2.38. The van der Waals surface area contributed by atoms with Crippen molar-refractivity contribution < 1.29 is 18.3 Å². The molecule has 0 saturated heterocycles. The largest absolute Gasteiger partial charge is 0.490 e. The van der Waals surface area contributed by atoms with Crippen LogP contribution in [0.5, 0.6) is 11.5 Å². The molecule has 1 aliphatic rings. The Balaban J connectivity index is 1.74. The first-order valence-electron chi connectivity index (χ1n) is 7.83. The molecule has 0 saturated carbocycles. The number of hydrogen-bond acceptors (Lipinski definition) is 5. The number of benzene rings is 2. The van der Waals surface area contributed by atoms with Gasteiger partial charge in [-0.25, -0.2) is 18.7 Å². The molecule has 7 heteroatoms.